The van der Waals surface area contributed by atoms with Gasteiger partial charge in [-0.1, -0.05) is 11.6 Å². The van der Waals surface area contributed by atoms with Gasteiger partial charge in [0, 0.05) is 40.3 Å². The number of carbonyl (C=O) groups excluding carboxylic acids is 1. The van der Waals surface area contributed by atoms with Crippen LogP contribution in [0.2, 0.25) is 5.02 Å². The van der Waals surface area contributed by atoms with Crippen LogP contribution in [0.5, 0.6) is 5.75 Å². The first kappa shape index (κ1) is 22.2. The molecule has 1 fully saturated rings. The number of anilines is 1. The van der Waals surface area contributed by atoms with Gasteiger partial charge in [-0.3, -0.25) is 4.79 Å². The SMILES string of the molecule is CCOc1ccc2[nH]c(=O)c(CN(CC3CCCO3)C(=O)Nc3ccc(Cl)cc3)cc2c1. The van der Waals surface area contributed by atoms with Gasteiger partial charge in [0.1, 0.15) is 5.75 Å². The van der Waals surface area contributed by atoms with Crippen LogP contribution in [-0.2, 0) is 11.3 Å². The van der Waals surface area contributed by atoms with Crippen molar-refractivity contribution in [2.45, 2.75) is 32.4 Å². The van der Waals surface area contributed by atoms with Gasteiger partial charge in [-0.2, -0.15) is 0 Å². The Morgan fingerprint density at radius 3 is 2.78 bits per heavy atom. The number of hydrogen-bond donors (Lipinski definition) is 2. The van der Waals surface area contributed by atoms with Gasteiger partial charge in [0.25, 0.3) is 5.56 Å². The predicted molar refractivity (Wildman–Crippen MR) is 126 cm³/mol. The number of nitrogens with one attached hydrogen (secondary N) is 2. The third-order valence-electron chi connectivity index (χ3n) is 5.40. The fourth-order valence-electron chi connectivity index (χ4n) is 3.80. The minimum Gasteiger partial charge on any atom is -0.494 e. The van der Waals surface area contributed by atoms with Crippen molar-refractivity contribution in [1.82, 2.24) is 9.88 Å². The summed E-state index contributed by atoms with van der Waals surface area (Å²) in [6.07, 6.45) is 1.81. The highest BCUT2D eigenvalue weighted by Crippen LogP contribution is 2.21. The standard InChI is InChI=1S/C24H26ClN3O4/c1-2-31-20-9-10-22-16(13-20)12-17(23(29)27-22)14-28(15-21-4-3-11-32-21)24(30)26-19-7-5-18(25)6-8-19/h5-10,12-13,21H,2-4,11,14-15H2,1H3,(H,26,30)(H,27,29). The van der Waals surface area contributed by atoms with Crippen LogP contribution < -0.4 is 15.6 Å². The molecule has 4 rings (SSSR count). The van der Waals surface area contributed by atoms with Crippen molar-refractivity contribution >= 4 is 34.2 Å². The lowest BCUT2D eigenvalue weighted by Gasteiger charge is -2.25. The van der Waals surface area contributed by atoms with Gasteiger partial charge in [-0.05, 0) is 68.3 Å². The smallest absolute Gasteiger partial charge is 0.322 e. The van der Waals surface area contributed by atoms with Gasteiger partial charge in [0.05, 0.1) is 19.3 Å². The molecular weight excluding hydrogens is 430 g/mol. The molecule has 2 amide bonds. The van der Waals surface area contributed by atoms with Crippen LogP contribution in [0.3, 0.4) is 0 Å². The van der Waals surface area contributed by atoms with E-state index in [2.05, 4.69) is 10.3 Å². The number of hydrogen-bond acceptors (Lipinski definition) is 4. The molecule has 0 radical (unpaired) electrons. The van der Waals surface area contributed by atoms with Crippen molar-refractivity contribution in [3.05, 3.63) is 69.5 Å². The summed E-state index contributed by atoms with van der Waals surface area (Å²) in [5.41, 5.74) is 1.62. The largest absolute Gasteiger partial charge is 0.494 e. The van der Waals surface area contributed by atoms with Crippen molar-refractivity contribution in [2.75, 3.05) is 25.1 Å². The van der Waals surface area contributed by atoms with E-state index in [1.54, 1.807) is 29.2 Å². The summed E-state index contributed by atoms with van der Waals surface area (Å²) in [6.45, 7) is 3.72. The molecule has 2 N–H and O–H groups in total. The Morgan fingerprint density at radius 2 is 2.06 bits per heavy atom. The molecule has 1 aliphatic heterocycles. The molecule has 1 saturated heterocycles. The van der Waals surface area contributed by atoms with Crippen molar-refractivity contribution in [3.8, 4) is 5.75 Å². The average Bonchev–Trinajstić information content (AvgIpc) is 3.29. The fourth-order valence-corrected chi connectivity index (χ4v) is 3.92. The van der Waals surface area contributed by atoms with E-state index in [4.69, 9.17) is 21.1 Å². The van der Waals surface area contributed by atoms with E-state index in [1.165, 1.54) is 0 Å². The Hall–Kier alpha value is -3.03. The number of amides is 2. The number of carbonyl (C=O) groups is 1. The zero-order valence-electron chi connectivity index (χ0n) is 17.9. The maximum absolute atomic E-state index is 13.1. The van der Waals surface area contributed by atoms with E-state index < -0.39 is 0 Å². The van der Waals surface area contributed by atoms with Crippen LogP contribution in [-0.4, -0.2) is 41.8 Å². The summed E-state index contributed by atoms with van der Waals surface area (Å²) in [6, 6.07) is 14.0. The van der Waals surface area contributed by atoms with Gasteiger partial charge < -0.3 is 24.7 Å². The van der Waals surface area contributed by atoms with Gasteiger partial charge in [0.15, 0.2) is 0 Å². The average molecular weight is 456 g/mol. The molecule has 0 saturated carbocycles. The van der Waals surface area contributed by atoms with E-state index in [9.17, 15) is 9.59 Å². The summed E-state index contributed by atoms with van der Waals surface area (Å²) in [7, 11) is 0. The Bertz CT molecular complexity index is 1140. The summed E-state index contributed by atoms with van der Waals surface area (Å²) in [4.78, 5) is 30.4. The molecule has 3 aromatic rings. The molecule has 1 aromatic heterocycles. The number of H-pyrrole nitrogens is 1. The molecule has 2 aromatic carbocycles. The summed E-state index contributed by atoms with van der Waals surface area (Å²) >= 11 is 5.94. The zero-order valence-corrected chi connectivity index (χ0v) is 18.7. The normalized spacial score (nSPS) is 15.6. The third-order valence-corrected chi connectivity index (χ3v) is 5.65. The maximum atomic E-state index is 13.1. The van der Waals surface area contributed by atoms with Crippen LogP contribution >= 0.6 is 11.6 Å². The Labute approximate surface area is 191 Å². The number of ether oxygens (including phenoxy) is 2. The number of rotatable bonds is 7. The van der Waals surface area contributed by atoms with Crippen LogP contribution in [0.15, 0.2) is 53.3 Å². The van der Waals surface area contributed by atoms with Crippen molar-refractivity contribution in [2.24, 2.45) is 0 Å². The highest BCUT2D eigenvalue weighted by Gasteiger charge is 2.24. The molecule has 2 heterocycles. The topological polar surface area (TPSA) is 83.7 Å². The van der Waals surface area contributed by atoms with E-state index in [0.717, 1.165) is 29.5 Å². The minimum absolute atomic E-state index is 0.0462. The second-order valence-corrected chi connectivity index (χ2v) is 8.19. The van der Waals surface area contributed by atoms with Crippen molar-refractivity contribution < 1.29 is 14.3 Å². The number of benzene rings is 2. The number of aromatic amines is 1. The summed E-state index contributed by atoms with van der Waals surface area (Å²) in [5, 5.41) is 4.33. The number of nitrogens with zero attached hydrogens (tertiary/aromatic N) is 1. The number of pyridine rings is 1. The lowest BCUT2D eigenvalue weighted by molar-refractivity contribution is 0.0818. The second kappa shape index (κ2) is 10.1. The van der Waals surface area contributed by atoms with E-state index in [-0.39, 0.29) is 24.2 Å². The first-order valence-electron chi connectivity index (χ1n) is 10.7. The molecule has 1 aliphatic rings. The summed E-state index contributed by atoms with van der Waals surface area (Å²) in [5.74, 6) is 0.731. The Morgan fingerprint density at radius 1 is 1.25 bits per heavy atom. The zero-order chi connectivity index (χ0) is 22.5. The molecule has 1 atom stereocenters. The van der Waals surface area contributed by atoms with Crippen molar-refractivity contribution in [1.29, 1.82) is 0 Å². The lowest BCUT2D eigenvalue weighted by Crippen LogP contribution is -2.40. The van der Waals surface area contributed by atoms with E-state index in [0.29, 0.717) is 36.0 Å². The highest BCUT2D eigenvalue weighted by molar-refractivity contribution is 6.30. The van der Waals surface area contributed by atoms with Gasteiger partial charge in [-0.25, -0.2) is 4.79 Å². The van der Waals surface area contributed by atoms with Crippen LogP contribution in [0.1, 0.15) is 25.3 Å². The minimum atomic E-state index is -0.301. The first-order valence-corrected chi connectivity index (χ1v) is 11.1. The van der Waals surface area contributed by atoms with E-state index in [1.807, 2.05) is 31.2 Å². The van der Waals surface area contributed by atoms with Gasteiger partial charge in [0.2, 0.25) is 0 Å². The molecule has 168 valence electrons. The number of halogens is 1. The lowest BCUT2D eigenvalue weighted by atomic mass is 10.1. The molecule has 0 spiro atoms. The molecule has 0 bridgehead atoms. The molecule has 32 heavy (non-hydrogen) atoms. The van der Waals surface area contributed by atoms with Crippen LogP contribution in [0, 0.1) is 0 Å². The van der Waals surface area contributed by atoms with Crippen LogP contribution in [0.4, 0.5) is 10.5 Å². The predicted octanol–water partition coefficient (Wildman–Crippen LogP) is 4.79. The van der Waals surface area contributed by atoms with Crippen molar-refractivity contribution in [3.63, 3.8) is 0 Å². The molecule has 7 nitrogen and oxygen atoms in total. The second-order valence-electron chi connectivity index (χ2n) is 7.76. The Kier molecular flexibility index (Phi) is 6.97. The van der Waals surface area contributed by atoms with E-state index >= 15 is 0 Å². The molecule has 1 unspecified atom stereocenters. The quantitative estimate of drug-likeness (QED) is 0.536. The molecular formula is C24H26ClN3O4. The highest BCUT2D eigenvalue weighted by atomic mass is 35.5. The fraction of sp³-hybridized carbons (Fsp3) is 0.333. The van der Waals surface area contributed by atoms with Gasteiger partial charge >= 0.3 is 6.03 Å². The summed E-state index contributed by atoms with van der Waals surface area (Å²) < 4.78 is 11.3. The Balaban J connectivity index is 1.59. The number of fused-ring (bicyclic) bond motifs is 1. The monoisotopic (exact) mass is 455 g/mol. The first-order chi connectivity index (χ1) is 15.5. The maximum Gasteiger partial charge on any atom is 0.322 e. The van der Waals surface area contributed by atoms with Crippen LogP contribution in [0.25, 0.3) is 10.9 Å². The molecule has 0 aliphatic carbocycles. The van der Waals surface area contributed by atoms with Gasteiger partial charge in [-0.15, -0.1) is 0 Å². The number of aromatic nitrogens is 1. The number of urea groups is 1. The third kappa shape index (κ3) is 5.41. The molecule has 8 heteroatoms.